The highest BCUT2D eigenvalue weighted by atomic mass is 31.2. The Morgan fingerprint density at radius 3 is 1.52 bits per heavy atom. The molecule has 19 nitrogen and oxygen atoms in total. The first-order valence-corrected chi connectivity index (χ1v) is 28.5. The van der Waals surface area contributed by atoms with Gasteiger partial charge in [-0.05, 0) is 63.1 Å². The number of nitrogens with one attached hydrogen (secondary N) is 3. The molecule has 4 aliphatic rings. The lowest BCUT2D eigenvalue weighted by Gasteiger charge is -2.42. The average Bonchev–Trinajstić information content (AvgIpc) is 3.75. The Morgan fingerprint density at radius 1 is 0.667 bits per heavy atom. The van der Waals surface area contributed by atoms with E-state index < -0.39 is 45.5 Å². The molecule has 4 unspecified atom stereocenters. The van der Waals surface area contributed by atoms with E-state index in [1.807, 2.05) is 56.9 Å². The first-order chi connectivity index (χ1) is 31.4. The van der Waals surface area contributed by atoms with Crippen LogP contribution in [-0.2, 0) is 32.5 Å². The molecule has 372 valence electrons. The molecule has 0 spiro atoms. The predicted octanol–water partition coefficient (Wildman–Crippen LogP) is 4.62. The quantitative estimate of drug-likeness (QED) is 0.115. The SMILES string of the molecule is CCOP(=O)(CCC(=O)OC(C)(C)C)C(c1ccc(OC)cc1)N1CCN2CCN3CCN(CC1)P23=O.COc1ccc(C(N2CCNCCNCCNCC2)P(=O)(O)CCC(=O)O)cc1. The van der Waals surface area contributed by atoms with Crippen molar-refractivity contribution in [3.63, 3.8) is 0 Å². The fourth-order valence-electron chi connectivity index (χ4n) is 8.92. The van der Waals surface area contributed by atoms with Gasteiger partial charge in [0.2, 0.25) is 14.7 Å². The van der Waals surface area contributed by atoms with Crippen LogP contribution in [0.1, 0.15) is 63.2 Å². The molecule has 2 aromatic rings. The Labute approximate surface area is 391 Å². The van der Waals surface area contributed by atoms with Crippen molar-refractivity contribution in [3.05, 3.63) is 59.7 Å². The number of methoxy groups -OCH3 is 2. The molecular weight excluding hydrogens is 909 g/mol. The third-order valence-electron chi connectivity index (χ3n) is 12.1. The number of carbonyl (C=O) groups excluding carboxylic acids is 1. The van der Waals surface area contributed by atoms with Crippen molar-refractivity contribution >= 4 is 34.3 Å². The topological polar surface area (TPSA) is 215 Å². The number of esters is 1. The average molecular weight is 985 g/mol. The molecule has 4 heterocycles. The highest BCUT2D eigenvalue weighted by Gasteiger charge is 2.53. The fourth-order valence-corrected chi connectivity index (χ4v) is 17.0. The predicted molar refractivity (Wildman–Crippen MR) is 257 cm³/mol. The zero-order valence-electron chi connectivity index (χ0n) is 39.8. The van der Waals surface area contributed by atoms with E-state index >= 15 is 0 Å². The van der Waals surface area contributed by atoms with Crippen molar-refractivity contribution in [3.8, 4) is 11.5 Å². The number of nitrogens with zero attached hydrogens (tertiary/aromatic N) is 5. The molecule has 6 rings (SSSR count). The molecule has 0 radical (unpaired) electrons. The molecule has 0 aliphatic carbocycles. The third kappa shape index (κ3) is 14.9. The van der Waals surface area contributed by atoms with E-state index in [0.717, 1.165) is 57.9 Å². The second-order valence-electron chi connectivity index (χ2n) is 17.8. The number of carbonyl (C=O) groups is 2. The first-order valence-electron chi connectivity index (χ1n) is 23.2. The van der Waals surface area contributed by atoms with Gasteiger partial charge < -0.3 is 44.7 Å². The van der Waals surface area contributed by atoms with Crippen LogP contribution in [0.2, 0.25) is 0 Å². The molecule has 4 aliphatic heterocycles. The molecule has 4 atom stereocenters. The zero-order chi connectivity index (χ0) is 48.0. The summed E-state index contributed by atoms with van der Waals surface area (Å²) in [6.45, 7) is 19.1. The van der Waals surface area contributed by atoms with Gasteiger partial charge in [0.25, 0.3) is 7.59 Å². The normalized spacial score (nSPS) is 22.3. The van der Waals surface area contributed by atoms with Crippen LogP contribution in [0, 0.1) is 0 Å². The Morgan fingerprint density at radius 2 is 1.09 bits per heavy atom. The lowest BCUT2D eigenvalue weighted by atomic mass is 10.2. The summed E-state index contributed by atoms with van der Waals surface area (Å²) in [6.07, 6.45) is -0.503. The van der Waals surface area contributed by atoms with Crippen LogP contribution >= 0.6 is 22.3 Å². The van der Waals surface area contributed by atoms with Gasteiger partial charge in [0.1, 0.15) is 28.7 Å². The minimum Gasteiger partial charge on any atom is -0.497 e. The van der Waals surface area contributed by atoms with E-state index in [0.29, 0.717) is 69.4 Å². The number of ether oxygens (including phenoxy) is 3. The van der Waals surface area contributed by atoms with Gasteiger partial charge in [0, 0.05) is 117 Å². The molecule has 4 saturated heterocycles. The molecule has 0 amide bonds. The van der Waals surface area contributed by atoms with Gasteiger partial charge in [-0.2, -0.15) is 0 Å². The molecule has 5 N–H and O–H groups in total. The number of aliphatic carboxylic acids is 1. The lowest BCUT2D eigenvalue weighted by Crippen LogP contribution is -2.44. The van der Waals surface area contributed by atoms with E-state index in [1.54, 1.807) is 38.5 Å². The van der Waals surface area contributed by atoms with Gasteiger partial charge in [-0.3, -0.25) is 33.1 Å². The molecule has 2 aromatic carbocycles. The summed E-state index contributed by atoms with van der Waals surface area (Å²) >= 11 is 0. The van der Waals surface area contributed by atoms with Gasteiger partial charge >= 0.3 is 11.9 Å². The number of hydrogen-bond donors (Lipinski definition) is 5. The number of benzene rings is 2. The van der Waals surface area contributed by atoms with Crippen molar-refractivity contribution in [1.82, 2.24) is 39.8 Å². The van der Waals surface area contributed by atoms with E-state index in [-0.39, 0.29) is 37.7 Å². The maximum Gasteiger partial charge on any atom is 0.306 e. The summed E-state index contributed by atoms with van der Waals surface area (Å²) in [6, 6.07) is 14.7. The zero-order valence-corrected chi connectivity index (χ0v) is 42.5. The smallest absolute Gasteiger partial charge is 0.306 e. The summed E-state index contributed by atoms with van der Waals surface area (Å²) in [7, 11) is -6.68. The summed E-state index contributed by atoms with van der Waals surface area (Å²) in [5.74, 6) is -1.39. The highest BCUT2D eigenvalue weighted by Crippen LogP contribution is 2.65. The van der Waals surface area contributed by atoms with Gasteiger partial charge in [-0.15, -0.1) is 0 Å². The van der Waals surface area contributed by atoms with E-state index in [9.17, 15) is 28.2 Å². The molecule has 0 saturated carbocycles. The Bertz CT molecular complexity index is 1960. The summed E-state index contributed by atoms with van der Waals surface area (Å²) in [4.78, 5) is 38.7. The molecule has 0 bridgehead atoms. The third-order valence-corrected chi connectivity index (χ3v) is 20.6. The molecule has 66 heavy (non-hydrogen) atoms. The largest absolute Gasteiger partial charge is 0.497 e. The van der Waals surface area contributed by atoms with Gasteiger partial charge in [-0.1, -0.05) is 24.3 Å². The molecular formula is C44H75N8O11P3. The standard InChI is InChI=1S/C25H42N4O6P2.C19H33N4O5P/c1-6-34-36(31,20-11-23(30)35-25(2,3)4)24(21-7-9-22(33-5)10-8-21)26-12-14-27-16-18-29-19-17-28(15-13-26)37(27,29)32;1-28-17-4-2-16(3-5-17)19(29(26,27)15-6-18(24)25)23-13-11-21-9-7-20-8-10-22-12-14-23/h7-10,24H,6,11-20H2,1-5H3;2-5,19-22H,6-15H2,1H3,(H,24,25)(H,26,27). The van der Waals surface area contributed by atoms with Crippen LogP contribution in [0.15, 0.2) is 48.5 Å². The van der Waals surface area contributed by atoms with Gasteiger partial charge in [0.15, 0.2) is 0 Å². The van der Waals surface area contributed by atoms with Gasteiger partial charge in [-0.25, -0.2) is 14.0 Å². The highest BCUT2D eigenvalue weighted by molar-refractivity contribution is 7.59. The van der Waals surface area contributed by atoms with Crippen molar-refractivity contribution in [2.24, 2.45) is 0 Å². The minimum atomic E-state index is -3.81. The summed E-state index contributed by atoms with van der Waals surface area (Å²) in [5.41, 5.74) is 0.934. The van der Waals surface area contributed by atoms with E-state index in [4.69, 9.17) is 23.8 Å². The van der Waals surface area contributed by atoms with Crippen LogP contribution in [0.4, 0.5) is 0 Å². The monoisotopic (exact) mass is 984 g/mol. The van der Waals surface area contributed by atoms with Crippen molar-refractivity contribution in [2.45, 2.75) is 57.7 Å². The molecule has 22 heteroatoms. The van der Waals surface area contributed by atoms with Crippen LogP contribution in [0.5, 0.6) is 11.5 Å². The summed E-state index contributed by atoms with van der Waals surface area (Å²) in [5, 5.41) is 19.1. The molecule has 4 fully saturated rings. The maximum absolute atomic E-state index is 14.7. The second-order valence-corrected chi connectivity index (χ2v) is 25.6. The van der Waals surface area contributed by atoms with Gasteiger partial charge in [0.05, 0.1) is 33.7 Å². The van der Waals surface area contributed by atoms with Crippen molar-refractivity contribution in [1.29, 1.82) is 0 Å². The Kier molecular flexibility index (Phi) is 20.7. The number of carboxylic acid groups (broad SMARTS) is 1. The minimum absolute atomic E-state index is 0.0114. The molecule has 0 aromatic heterocycles. The number of carboxylic acids is 1. The van der Waals surface area contributed by atoms with E-state index in [1.165, 1.54) is 0 Å². The maximum atomic E-state index is 14.7. The van der Waals surface area contributed by atoms with Crippen molar-refractivity contribution in [2.75, 3.05) is 138 Å². The lowest BCUT2D eigenvalue weighted by molar-refractivity contribution is -0.154. The van der Waals surface area contributed by atoms with E-state index in [2.05, 4.69) is 34.9 Å². The van der Waals surface area contributed by atoms with Crippen molar-refractivity contribution < 1.29 is 52.0 Å². The summed E-state index contributed by atoms with van der Waals surface area (Å²) < 4.78 is 70.4. The van der Waals surface area contributed by atoms with Crippen LogP contribution in [0.3, 0.4) is 0 Å². The fraction of sp³-hybridized carbons (Fsp3) is 0.682. The number of hydrogen-bond acceptors (Lipinski definition) is 14. The Hall–Kier alpha value is -2.73. The van der Waals surface area contributed by atoms with Crippen LogP contribution in [-0.4, -0.2) is 189 Å². The first kappa shape index (κ1) is 54.2. The Balaban J connectivity index is 0.000000256. The van der Waals surface area contributed by atoms with Crippen LogP contribution in [0.25, 0.3) is 0 Å². The number of rotatable bonds is 16. The van der Waals surface area contributed by atoms with Crippen LogP contribution < -0.4 is 25.4 Å². The second kappa shape index (κ2) is 25.2.